The van der Waals surface area contributed by atoms with Crippen molar-refractivity contribution >= 4 is 46.7 Å². The summed E-state index contributed by atoms with van der Waals surface area (Å²) in [7, 11) is -11.1. The highest BCUT2D eigenvalue weighted by molar-refractivity contribution is 7.92. The van der Waals surface area contributed by atoms with E-state index in [2.05, 4.69) is 27.9 Å². The second-order valence-corrected chi connectivity index (χ2v) is 16.5. The van der Waals surface area contributed by atoms with E-state index in [4.69, 9.17) is 9.54 Å². The molecular formula is C30H38N4O8S3. The number of carbonyl (C=O) groups excluding carboxylic acids is 1. The van der Waals surface area contributed by atoms with Gasteiger partial charge >= 0.3 is 0 Å². The predicted octanol–water partition coefficient (Wildman–Crippen LogP) is 2.96. The number of nitrogens with zero attached hydrogens (tertiary/aromatic N) is 3. The van der Waals surface area contributed by atoms with Crippen LogP contribution in [0.1, 0.15) is 35.3 Å². The van der Waals surface area contributed by atoms with Gasteiger partial charge in [-0.1, -0.05) is 36.8 Å². The van der Waals surface area contributed by atoms with Gasteiger partial charge in [0.1, 0.15) is 26.9 Å². The molecule has 2 heterocycles. The molecule has 0 unspecified atom stereocenters. The Morgan fingerprint density at radius 1 is 0.889 bits per heavy atom. The van der Waals surface area contributed by atoms with E-state index in [0.717, 1.165) is 57.7 Å². The Labute approximate surface area is 264 Å². The van der Waals surface area contributed by atoms with Crippen LogP contribution < -0.4 is 5.32 Å². The third-order valence-electron chi connectivity index (χ3n) is 6.67. The highest BCUT2D eigenvalue weighted by Crippen LogP contribution is 2.25. The minimum absolute atomic E-state index is 0.161. The number of hydrogen-bond donors (Lipinski definition) is 2. The largest absolute Gasteiger partial charge is 0.355 e. The van der Waals surface area contributed by atoms with Crippen LogP contribution in [0.3, 0.4) is 0 Å². The Morgan fingerprint density at radius 3 is 2.04 bits per heavy atom. The molecule has 12 nitrogen and oxygen atoms in total. The molecule has 0 fully saturated rings. The number of hydrogen-bond acceptors (Lipinski definition) is 9. The summed E-state index contributed by atoms with van der Waals surface area (Å²) in [6.45, 7) is 8.30. The number of fused-ring (bicyclic) bond motifs is 1. The Balaban J connectivity index is 0.000000477. The molecule has 0 radical (unpaired) electrons. The smallest absolute Gasteiger partial charge is 0.265 e. The number of pyridine rings is 1. The molecule has 2 N–H and O–H groups in total. The fraction of sp³-hybridized carbons (Fsp3) is 0.367. The first-order chi connectivity index (χ1) is 20.9. The van der Waals surface area contributed by atoms with Crippen LogP contribution in [0.5, 0.6) is 0 Å². The summed E-state index contributed by atoms with van der Waals surface area (Å²) in [6.07, 6.45) is 2.30. The van der Waals surface area contributed by atoms with Crippen molar-refractivity contribution in [1.82, 2.24) is 19.9 Å². The minimum atomic E-state index is -4.14. The highest BCUT2D eigenvalue weighted by Gasteiger charge is 2.19. The molecule has 15 heteroatoms. The molecule has 4 aromatic rings. The monoisotopic (exact) mass is 678 g/mol. The highest BCUT2D eigenvalue weighted by atomic mass is 32.2. The second kappa shape index (κ2) is 14.6. The van der Waals surface area contributed by atoms with Crippen LogP contribution in [0.15, 0.2) is 59.5 Å². The molecule has 0 spiro atoms. The summed E-state index contributed by atoms with van der Waals surface area (Å²) in [4.78, 5) is 21.7. The lowest BCUT2D eigenvalue weighted by Gasteiger charge is -2.11. The molecule has 1 amide bonds. The summed E-state index contributed by atoms with van der Waals surface area (Å²) < 4.78 is 75.7. The van der Waals surface area contributed by atoms with Gasteiger partial charge in [0.2, 0.25) is 5.91 Å². The number of sulfone groups is 2. The van der Waals surface area contributed by atoms with Crippen molar-refractivity contribution in [2.75, 3.05) is 30.1 Å². The third-order valence-corrected chi connectivity index (χ3v) is 10.2. The van der Waals surface area contributed by atoms with Crippen LogP contribution in [0, 0.1) is 20.8 Å². The van der Waals surface area contributed by atoms with Crippen molar-refractivity contribution in [2.45, 2.75) is 45.4 Å². The maximum atomic E-state index is 12.5. The SMILES string of the molecule is CCc1nc2c(C)nc(C)cc2n1-c1ccc(CCNC(=O)CS(=O)(=O)c2ccc(C)cc2)cc1.CS(=O)(=O)CCS(=O)(=O)O. The number of carbonyl (C=O) groups is 1. The maximum Gasteiger partial charge on any atom is 0.265 e. The summed E-state index contributed by atoms with van der Waals surface area (Å²) in [5, 5.41) is 2.73. The summed E-state index contributed by atoms with van der Waals surface area (Å²) in [6, 6.07) is 16.7. The summed E-state index contributed by atoms with van der Waals surface area (Å²) >= 11 is 0. The average molecular weight is 679 g/mol. The molecule has 45 heavy (non-hydrogen) atoms. The van der Waals surface area contributed by atoms with Gasteiger partial charge in [0.05, 0.1) is 27.6 Å². The molecule has 0 saturated carbocycles. The van der Waals surface area contributed by atoms with Crippen molar-refractivity contribution < 1.29 is 34.6 Å². The molecule has 0 atom stereocenters. The van der Waals surface area contributed by atoms with Crippen molar-refractivity contribution in [3.8, 4) is 5.69 Å². The number of aromatic nitrogens is 3. The first-order valence-electron chi connectivity index (χ1n) is 14.0. The van der Waals surface area contributed by atoms with E-state index >= 15 is 0 Å². The standard InChI is InChI=1S/C27H30N4O3S.C3H8O5S2/c1-5-25-30-27-20(4)29-19(3)16-24(27)31(25)22-10-8-21(9-11-22)14-15-28-26(32)17-35(33,34)23-12-6-18(2)7-13-23;1-9(4,5)2-3-10(6,7)8/h6-13,16H,5,14-15,17H2,1-4H3,(H,28,32);2-3H2,1H3,(H,6,7,8). The topological polar surface area (TPSA) is 182 Å². The van der Waals surface area contributed by atoms with Crippen molar-refractivity contribution in [3.63, 3.8) is 0 Å². The molecule has 2 aromatic carbocycles. The van der Waals surface area contributed by atoms with Gasteiger partial charge in [0.25, 0.3) is 10.1 Å². The Kier molecular flexibility index (Phi) is 11.6. The van der Waals surface area contributed by atoms with Crippen LogP contribution in [0.4, 0.5) is 0 Å². The number of amides is 1. The predicted molar refractivity (Wildman–Crippen MR) is 174 cm³/mol. The normalized spacial score (nSPS) is 12.0. The quantitative estimate of drug-likeness (QED) is 0.224. The Hall–Kier alpha value is -3.66. The molecule has 0 aliphatic heterocycles. The first kappa shape index (κ1) is 35.8. The van der Waals surface area contributed by atoms with E-state index < -0.39 is 53.0 Å². The van der Waals surface area contributed by atoms with E-state index in [1.54, 1.807) is 12.1 Å². The van der Waals surface area contributed by atoms with Crippen molar-refractivity contribution in [1.29, 1.82) is 0 Å². The van der Waals surface area contributed by atoms with Crippen LogP contribution in [-0.4, -0.2) is 80.3 Å². The third kappa shape index (κ3) is 10.7. The fourth-order valence-electron chi connectivity index (χ4n) is 4.42. The number of aryl methyl sites for hydroxylation is 4. The van der Waals surface area contributed by atoms with Gasteiger partial charge in [-0.05, 0) is 63.1 Å². The molecular weight excluding hydrogens is 641 g/mol. The maximum absolute atomic E-state index is 12.5. The molecule has 0 bridgehead atoms. The van der Waals surface area contributed by atoms with Crippen molar-refractivity contribution in [3.05, 3.63) is 82.9 Å². The number of imidazole rings is 1. The first-order valence-corrected chi connectivity index (χ1v) is 19.3. The van der Waals surface area contributed by atoms with Gasteiger partial charge in [0, 0.05) is 30.6 Å². The van der Waals surface area contributed by atoms with Gasteiger partial charge in [0.15, 0.2) is 9.84 Å². The van der Waals surface area contributed by atoms with E-state index in [0.29, 0.717) is 13.0 Å². The van der Waals surface area contributed by atoms with Gasteiger partial charge < -0.3 is 5.32 Å². The van der Waals surface area contributed by atoms with E-state index in [1.807, 2.05) is 45.0 Å². The van der Waals surface area contributed by atoms with Crippen LogP contribution in [0.25, 0.3) is 16.7 Å². The molecule has 4 rings (SSSR count). The lowest BCUT2D eigenvalue weighted by Crippen LogP contribution is -2.31. The lowest BCUT2D eigenvalue weighted by atomic mass is 10.1. The molecule has 2 aromatic heterocycles. The van der Waals surface area contributed by atoms with E-state index in [1.165, 1.54) is 12.1 Å². The molecule has 244 valence electrons. The Morgan fingerprint density at radius 2 is 1.51 bits per heavy atom. The minimum Gasteiger partial charge on any atom is -0.355 e. The van der Waals surface area contributed by atoms with Gasteiger partial charge in [-0.25, -0.2) is 21.8 Å². The van der Waals surface area contributed by atoms with E-state index in [-0.39, 0.29) is 4.90 Å². The lowest BCUT2D eigenvalue weighted by molar-refractivity contribution is -0.118. The zero-order valence-corrected chi connectivity index (χ0v) is 28.3. The fourth-order valence-corrected chi connectivity index (χ4v) is 7.64. The molecule has 0 aliphatic carbocycles. The van der Waals surface area contributed by atoms with Crippen LogP contribution in [-0.2, 0) is 47.4 Å². The number of benzene rings is 2. The Bertz CT molecular complexity index is 1950. The van der Waals surface area contributed by atoms with Gasteiger partial charge in [-0.3, -0.25) is 18.9 Å². The van der Waals surface area contributed by atoms with Crippen LogP contribution >= 0.6 is 0 Å². The van der Waals surface area contributed by atoms with Crippen molar-refractivity contribution in [2.24, 2.45) is 0 Å². The number of rotatable bonds is 11. The second-order valence-electron chi connectivity index (χ2n) is 10.7. The zero-order chi connectivity index (χ0) is 33.6. The molecule has 0 aliphatic rings. The summed E-state index contributed by atoms with van der Waals surface area (Å²) in [5.74, 6) is -1.35. The molecule has 0 saturated heterocycles. The number of nitrogens with one attached hydrogen (secondary N) is 1. The van der Waals surface area contributed by atoms with E-state index in [9.17, 15) is 30.0 Å². The average Bonchev–Trinajstić information content (AvgIpc) is 3.31. The summed E-state index contributed by atoms with van der Waals surface area (Å²) in [5.41, 5.74) is 6.87. The van der Waals surface area contributed by atoms with Gasteiger partial charge in [-0.15, -0.1) is 0 Å². The van der Waals surface area contributed by atoms with Crippen LogP contribution in [0.2, 0.25) is 0 Å². The zero-order valence-electron chi connectivity index (χ0n) is 25.8. The van der Waals surface area contributed by atoms with Gasteiger partial charge in [-0.2, -0.15) is 8.42 Å².